The zero-order valence-electron chi connectivity index (χ0n) is 15.8. The fourth-order valence-electron chi connectivity index (χ4n) is 2.44. The maximum Gasteiger partial charge on any atom is 0.357 e. The Morgan fingerprint density at radius 2 is 2.04 bits per heavy atom. The zero-order valence-corrected chi connectivity index (χ0v) is 16.7. The average Bonchev–Trinajstić information content (AvgIpc) is 3.12. The number of unbranched alkanes of at least 4 members (excludes halogenated alkanes) is 2. The van der Waals surface area contributed by atoms with Crippen LogP contribution in [-0.2, 0) is 11.3 Å². The van der Waals surface area contributed by atoms with E-state index in [2.05, 4.69) is 10.3 Å². The molecule has 1 N–H and O–H groups in total. The lowest BCUT2D eigenvalue weighted by atomic mass is 10.2. The van der Waals surface area contributed by atoms with Gasteiger partial charge in [-0.25, -0.2) is 23.4 Å². The van der Waals surface area contributed by atoms with E-state index in [9.17, 15) is 18.4 Å². The lowest BCUT2D eigenvalue weighted by molar-refractivity contribution is 0.0520. The van der Waals surface area contributed by atoms with E-state index >= 15 is 0 Å². The van der Waals surface area contributed by atoms with E-state index in [0.717, 1.165) is 25.3 Å². The van der Waals surface area contributed by atoms with Gasteiger partial charge in [-0.05, 0) is 25.5 Å². The summed E-state index contributed by atoms with van der Waals surface area (Å²) in [5, 5.41) is 4.61. The molecular formula is C19H23F2N3O3S. The Bertz CT molecular complexity index is 813. The number of halogens is 2. The number of hydrogen-bond acceptors (Lipinski definition) is 5. The van der Waals surface area contributed by atoms with E-state index in [0.29, 0.717) is 17.6 Å². The fourth-order valence-corrected chi connectivity index (χ4v) is 3.21. The largest absolute Gasteiger partial charge is 0.461 e. The van der Waals surface area contributed by atoms with Crippen molar-refractivity contribution in [1.29, 1.82) is 0 Å². The lowest BCUT2D eigenvalue weighted by Gasteiger charge is -2.22. The van der Waals surface area contributed by atoms with Crippen molar-refractivity contribution in [3.8, 4) is 0 Å². The second kappa shape index (κ2) is 10.7. The highest BCUT2D eigenvalue weighted by atomic mass is 32.1. The average molecular weight is 411 g/mol. The summed E-state index contributed by atoms with van der Waals surface area (Å²) in [4.78, 5) is 30.1. The molecule has 0 bridgehead atoms. The molecule has 0 saturated heterocycles. The van der Waals surface area contributed by atoms with Crippen molar-refractivity contribution in [1.82, 2.24) is 9.88 Å². The van der Waals surface area contributed by atoms with Crippen LogP contribution in [-0.4, -0.2) is 35.0 Å². The number of rotatable bonds is 9. The van der Waals surface area contributed by atoms with Crippen LogP contribution in [0.2, 0.25) is 0 Å². The molecule has 0 unspecified atom stereocenters. The molecule has 1 aromatic carbocycles. The molecule has 9 heteroatoms. The van der Waals surface area contributed by atoms with Crippen molar-refractivity contribution in [2.75, 3.05) is 18.5 Å². The number of amides is 2. The van der Waals surface area contributed by atoms with Crippen LogP contribution in [0.3, 0.4) is 0 Å². The highest BCUT2D eigenvalue weighted by Crippen LogP contribution is 2.18. The first-order valence-electron chi connectivity index (χ1n) is 9.07. The monoisotopic (exact) mass is 411 g/mol. The minimum absolute atomic E-state index is 0.0988. The summed E-state index contributed by atoms with van der Waals surface area (Å²) >= 11 is 1.24. The van der Waals surface area contributed by atoms with Crippen LogP contribution >= 0.6 is 11.3 Å². The third-order valence-electron chi connectivity index (χ3n) is 3.85. The number of thiazole rings is 1. The number of nitrogens with one attached hydrogen (secondary N) is 1. The fraction of sp³-hybridized carbons (Fsp3) is 0.421. The second-order valence-electron chi connectivity index (χ2n) is 6.03. The van der Waals surface area contributed by atoms with Gasteiger partial charge < -0.3 is 15.0 Å². The number of benzene rings is 1. The first-order valence-corrected chi connectivity index (χ1v) is 9.95. The molecule has 0 radical (unpaired) electrons. The Morgan fingerprint density at radius 1 is 1.25 bits per heavy atom. The molecule has 1 heterocycles. The molecule has 152 valence electrons. The third kappa shape index (κ3) is 6.26. The number of ether oxygens (including phenoxy) is 1. The van der Waals surface area contributed by atoms with Gasteiger partial charge in [0.05, 0.1) is 18.8 Å². The molecule has 0 aliphatic heterocycles. The normalized spacial score (nSPS) is 10.6. The summed E-state index contributed by atoms with van der Waals surface area (Å²) < 4.78 is 31.8. The number of urea groups is 1. The predicted octanol–water partition coefficient (Wildman–Crippen LogP) is 4.82. The van der Waals surface area contributed by atoms with E-state index < -0.39 is 23.6 Å². The number of esters is 1. The number of anilines is 1. The zero-order chi connectivity index (χ0) is 20.5. The number of nitrogens with zero attached hydrogens (tertiary/aromatic N) is 2. The highest BCUT2D eigenvalue weighted by molar-refractivity contribution is 7.09. The van der Waals surface area contributed by atoms with Gasteiger partial charge in [-0.2, -0.15) is 0 Å². The number of carbonyl (C=O) groups is 2. The Kier molecular flexibility index (Phi) is 8.31. The minimum atomic E-state index is -0.847. The van der Waals surface area contributed by atoms with Gasteiger partial charge >= 0.3 is 12.0 Å². The Labute approximate surface area is 166 Å². The third-order valence-corrected chi connectivity index (χ3v) is 4.69. The minimum Gasteiger partial charge on any atom is -0.461 e. The van der Waals surface area contributed by atoms with E-state index in [4.69, 9.17) is 4.74 Å². The molecular weight excluding hydrogens is 388 g/mol. The van der Waals surface area contributed by atoms with Gasteiger partial charge in [-0.1, -0.05) is 19.8 Å². The van der Waals surface area contributed by atoms with Gasteiger partial charge in [0, 0.05) is 18.0 Å². The highest BCUT2D eigenvalue weighted by Gasteiger charge is 2.19. The molecule has 0 saturated carbocycles. The van der Waals surface area contributed by atoms with Crippen LogP contribution in [0, 0.1) is 11.6 Å². The summed E-state index contributed by atoms with van der Waals surface area (Å²) in [7, 11) is 0. The van der Waals surface area contributed by atoms with E-state index in [1.54, 1.807) is 12.3 Å². The van der Waals surface area contributed by atoms with Gasteiger partial charge in [-0.15, -0.1) is 11.3 Å². The van der Waals surface area contributed by atoms with Crippen molar-refractivity contribution in [2.45, 2.75) is 39.7 Å². The summed E-state index contributed by atoms with van der Waals surface area (Å²) in [6.07, 6.45) is 2.68. The summed E-state index contributed by atoms with van der Waals surface area (Å²) in [6.45, 7) is 4.62. The van der Waals surface area contributed by atoms with Crippen LogP contribution in [0.15, 0.2) is 23.6 Å². The molecule has 0 aliphatic rings. The topological polar surface area (TPSA) is 71.5 Å². The van der Waals surface area contributed by atoms with Crippen LogP contribution < -0.4 is 5.32 Å². The summed E-state index contributed by atoms with van der Waals surface area (Å²) in [6, 6.07) is 2.44. The van der Waals surface area contributed by atoms with Crippen molar-refractivity contribution in [3.05, 3.63) is 45.9 Å². The van der Waals surface area contributed by atoms with Crippen LogP contribution in [0.5, 0.6) is 0 Å². The molecule has 2 amide bonds. The standard InChI is InChI=1S/C19H23F2N3O3S/c1-3-5-6-9-24(11-17-22-16(12-28-17)18(25)27-4-2)19(26)23-15-8-7-13(20)10-14(15)21/h7-8,10,12H,3-6,9,11H2,1-2H3,(H,23,26). The van der Waals surface area contributed by atoms with Gasteiger partial charge in [0.25, 0.3) is 0 Å². The SMILES string of the molecule is CCCCCN(Cc1nc(C(=O)OCC)cs1)C(=O)Nc1ccc(F)cc1F. The van der Waals surface area contributed by atoms with Crippen molar-refractivity contribution in [2.24, 2.45) is 0 Å². The van der Waals surface area contributed by atoms with Gasteiger partial charge in [0.2, 0.25) is 0 Å². The smallest absolute Gasteiger partial charge is 0.357 e. The predicted molar refractivity (Wildman–Crippen MR) is 103 cm³/mol. The lowest BCUT2D eigenvalue weighted by Crippen LogP contribution is -2.35. The molecule has 0 spiro atoms. The van der Waals surface area contributed by atoms with Crippen molar-refractivity contribution in [3.63, 3.8) is 0 Å². The number of carbonyl (C=O) groups excluding carboxylic acids is 2. The van der Waals surface area contributed by atoms with Crippen molar-refractivity contribution >= 4 is 29.0 Å². The van der Waals surface area contributed by atoms with E-state index in [1.165, 1.54) is 22.3 Å². The molecule has 1 aromatic heterocycles. The summed E-state index contributed by atoms with van der Waals surface area (Å²) in [5.41, 5.74) is 0.0959. The van der Waals surface area contributed by atoms with Gasteiger partial charge in [0.1, 0.15) is 16.6 Å². The second-order valence-corrected chi connectivity index (χ2v) is 6.97. The van der Waals surface area contributed by atoms with E-state index in [-0.39, 0.29) is 24.5 Å². The molecule has 0 atom stereocenters. The Balaban J connectivity index is 2.10. The summed E-state index contributed by atoms with van der Waals surface area (Å²) in [5.74, 6) is -2.08. The maximum absolute atomic E-state index is 13.8. The van der Waals surface area contributed by atoms with Crippen LogP contribution in [0.25, 0.3) is 0 Å². The first-order chi connectivity index (χ1) is 13.4. The molecule has 6 nitrogen and oxygen atoms in total. The van der Waals surface area contributed by atoms with Gasteiger partial charge in [0.15, 0.2) is 5.69 Å². The van der Waals surface area contributed by atoms with Crippen LogP contribution in [0.4, 0.5) is 19.3 Å². The molecule has 28 heavy (non-hydrogen) atoms. The number of aromatic nitrogens is 1. The Hall–Kier alpha value is -2.55. The quantitative estimate of drug-likeness (QED) is 0.474. The Morgan fingerprint density at radius 3 is 2.71 bits per heavy atom. The van der Waals surface area contributed by atoms with Gasteiger partial charge in [-0.3, -0.25) is 0 Å². The number of hydrogen-bond donors (Lipinski definition) is 1. The maximum atomic E-state index is 13.8. The van der Waals surface area contributed by atoms with Crippen LogP contribution in [0.1, 0.15) is 48.6 Å². The molecule has 2 aromatic rings. The molecule has 2 rings (SSSR count). The van der Waals surface area contributed by atoms with E-state index in [1.807, 2.05) is 6.92 Å². The first kappa shape index (κ1) is 21.7. The molecule has 0 fully saturated rings. The van der Waals surface area contributed by atoms with Crippen molar-refractivity contribution < 1.29 is 23.1 Å². The molecule has 0 aliphatic carbocycles.